The van der Waals surface area contributed by atoms with Crippen molar-refractivity contribution in [3.8, 4) is 5.75 Å². The fourth-order valence-electron chi connectivity index (χ4n) is 3.48. The lowest BCUT2D eigenvalue weighted by molar-refractivity contribution is -0.122. The number of carbonyl (C=O) groups excluding carboxylic acids is 1. The molecule has 2 atom stereocenters. The van der Waals surface area contributed by atoms with E-state index >= 15 is 0 Å². The van der Waals surface area contributed by atoms with E-state index in [1.165, 1.54) is 12.1 Å². The molecule has 0 saturated heterocycles. The van der Waals surface area contributed by atoms with Crippen molar-refractivity contribution in [1.82, 2.24) is 0 Å². The molecular formula is C15H13BrClFO2. The second-order valence-electron chi connectivity index (χ2n) is 5.71. The SMILES string of the molecule is CC12CCCC1C(c1cc(F)c(O)c(Cl)c1)=C(Br)C2=O. The summed E-state index contributed by atoms with van der Waals surface area (Å²) in [5.41, 5.74) is 0.992. The molecule has 2 aliphatic carbocycles. The first-order chi connectivity index (χ1) is 9.36. The number of hydrogen-bond donors (Lipinski definition) is 1. The Kier molecular flexibility index (Phi) is 3.22. The molecule has 0 heterocycles. The van der Waals surface area contributed by atoms with Crippen molar-refractivity contribution >= 4 is 38.9 Å². The predicted octanol–water partition coefficient (Wildman–Crippen LogP) is 4.68. The number of Topliss-reactive ketones (excluding diaryl/α,β-unsaturated/α-hetero) is 1. The first-order valence-corrected chi connectivity index (χ1v) is 7.66. The monoisotopic (exact) mass is 358 g/mol. The van der Waals surface area contributed by atoms with Gasteiger partial charge < -0.3 is 5.11 Å². The van der Waals surface area contributed by atoms with Gasteiger partial charge in [-0.1, -0.05) is 24.9 Å². The molecule has 5 heteroatoms. The van der Waals surface area contributed by atoms with Crippen LogP contribution < -0.4 is 0 Å². The van der Waals surface area contributed by atoms with Crippen LogP contribution >= 0.6 is 27.5 Å². The zero-order valence-electron chi connectivity index (χ0n) is 10.8. The van der Waals surface area contributed by atoms with Crippen LogP contribution in [0.4, 0.5) is 4.39 Å². The average Bonchev–Trinajstić information content (AvgIpc) is 2.85. The van der Waals surface area contributed by atoms with Crippen LogP contribution in [0.15, 0.2) is 16.6 Å². The summed E-state index contributed by atoms with van der Waals surface area (Å²) in [6.07, 6.45) is 2.75. The number of carbonyl (C=O) groups is 1. The smallest absolute Gasteiger partial charge is 0.176 e. The second kappa shape index (κ2) is 4.57. The molecule has 0 aliphatic heterocycles. The molecule has 1 aromatic carbocycles. The molecule has 2 unspecified atom stereocenters. The van der Waals surface area contributed by atoms with Gasteiger partial charge in [0.2, 0.25) is 0 Å². The van der Waals surface area contributed by atoms with Gasteiger partial charge in [0.1, 0.15) is 0 Å². The molecule has 0 bridgehead atoms. The van der Waals surface area contributed by atoms with Crippen molar-refractivity contribution in [3.05, 3.63) is 33.0 Å². The van der Waals surface area contributed by atoms with Gasteiger partial charge in [-0.05, 0) is 58.0 Å². The summed E-state index contributed by atoms with van der Waals surface area (Å²) in [5, 5.41) is 9.39. The van der Waals surface area contributed by atoms with E-state index in [-0.39, 0.29) is 16.7 Å². The highest BCUT2D eigenvalue weighted by Crippen LogP contribution is 2.58. The van der Waals surface area contributed by atoms with E-state index in [4.69, 9.17) is 11.6 Å². The molecule has 2 nitrogen and oxygen atoms in total. The Hall–Kier alpha value is -0.870. The number of benzene rings is 1. The van der Waals surface area contributed by atoms with Gasteiger partial charge in [0.05, 0.1) is 9.51 Å². The molecule has 1 aromatic rings. The first kappa shape index (κ1) is 14.1. The first-order valence-electron chi connectivity index (χ1n) is 6.49. The third kappa shape index (κ3) is 1.77. The molecule has 0 amide bonds. The highest BCUT2D eigenvalue weighted by molar-refractivity contribution is 9.12. The lowest BCUT2D eigenvalue weighted by Crippen LogP contribution is -2.25. The summed E-state index contributed by atoms with van der Waals surface area (Å²) in [6, 6.07) is 2.77. The lowest BCUT2D eigenvalue weighted by Gasteiger charge is -2.24. The van der Waals surface area contributed by atoms with E-state index in [2.05, 4.69) is 15.9 Å². The number of hydrogen-bond acceptors (Lipinski definition) is 2. The molecule has 1 N–H and O–H groups in total. The Morgan fingerprint density at radius 1 is 1.50 bits per heavy atom. The van der Waals surface area contributed by atoms with Gasteiger partial charge in [0.15, 0.2) is 17.3 Å². The van der Waals surface area contributed by atoms with Crippen molar-refractivity contribution in [2.24, 2.45) is 11.3 Å². The largest absolute Gasteiger partial charge is 0.504 e. The van der Waals surface area contributed by atoms with Gasteiger partial charge in [-0.25, -0.2) is 4.39 Å². The van der Waals surface area contributed by atoms with Crippen molar-refractivity contribution in [1.29, 1.82) is 0 Å². The van der Waals surface area contributed by atoms with Gasteiger partial charge in [-0.15, -0.1) is 0 Å². The number of ketones is 1. The van der Waals surface area contributed by atoms with Crippen LogP contribution in [0.25, 0.3) is 5.57 Å². The molecule has 0 spiro atoms. The number of phenolic OH excluding ortho intramolecular Hbond substituents is 1. The number of allylic oxidation sites excluding steroid dienone is 2. The summed E-state index contributed by atoms with van der Waals surface area (Å²) in [4.78, 5) is 12.4. The fraction of sp³-hybridized carbons (Fsp3) is 0.400. The van der Waals surface area contributed by atoms with E-state index in [9.17, 15) is 14.3 Å². The third-order valence-corrected chi connectivity index (χ3v) is 5.66. The average molecular weight is 360 g/mol. The Balaban J connectivity index is 2.17. The maximum absolute atomic E-state index is 13.7. The summed E-state index contributed by atoms with van der Waals surface area (Å²) in [6.45, 7) is 1.97. The maximum Gasteiger partial charge on any atom is 0.176 e. The molecular weight excluding hydrogens is 347 g/mol. The Labute approximate surface area is 129 Å². The van der Waals surface area contributed by atoms with Crippen molar-refractivity contribution in [2.75, 3.05) is 0 Å². The Bertz CT molecular complexity index is 632. The van der Waals surface area contributed by atoms with E-state index in [1.807, 2.05) is 6.92 Å². The topological polar surface area (TPSA) is 37.3 Å². The molecule has 1 saturated carbocycles. The highest BCUT2D eigenvalue weighted by atomic mass is 79.9. The van der Waals surface area contributed by atoms with Crippen LogP contribution in [0.3, 0.4) is 0 Å². The number of halogens is 3. The Morgan fingerprint density at radius 2 is 2.20 bits per heavy atom. The van der Waals surface area contributed by atoms with E-state index in [0.29, 0.717) is 10.0 Å². The van der Waals surface area contributed by atoms with Crippen LogP contribution in [-0.2, 0) is 4.79 Å². The van der Waals surface area contributed by atoms with Gasteiger partial charge >= 0.3 is 0 Å². The van der Waals surface area contributed by atoms with Gasteiger partial charge in [-0.3, -0.25) is 4.79 Å². The van der Waals surface area contributed by atoms with E-state index < -0.39 is 17.0 Å². The molecule has 106 valence electrons. The van der Waals surface area contributed by atoms with E-state index in [1.54, 1.807) is 0 Å². The summed E-state index contributed by atoms with van der Waals surface area (Å²) < 4.78 is 14.2. The molecule has 0 aromatic heterocycles. The quantitative estimate of drug-likeness (QED) is 0.790. The Morgan fingerprint density at radius 3 is 2.85 bits per heavy atom. The maximum atomic E-state index is 13.7. The molecule has 1 fully saturated rings. The standard InChI is InChI=1S/C15H13BrClFO2/c1-15-4-2-3-8(15)11(12(16)14(15)20)7-5-9(17)13(19)10(18)6-7/h5-6,8,19H,2-4H2,1H3. The van der Waals surface area contributed by atoms with Crippen molar-refractivity contribution < 1.29 is 14.3 Å². The van der Waals surface area contributed by atoms with Crippen LogP contribution in [0.5, 0.6) is 5.75 Å². The zero-order chi connectivity index (χ0) is 14.7. The minimum Gasteiger partial charge on any atom is -0.504 e. The second-order valence-corrected chi connectivity index (χ2v) is 6.91. The molecule has 3 rings (SSSR count). The van der Waals surface area contributed by atoms with Crippen LogP contribution in [0.2, 0.25) is 5.02 Å². The third-order valence-electron chi connectivity index (χ3n) is 4.59. The summed E-state index contributed by atoms with van der Waals surface area (Å²) >= 11 is 9.21. The van der Waals surface area contributed by atoms with Crippen molar-refractivity contribution in [3.63, 3.8) is 0 Å². The van der Waals surface area contributed by atoms with E-state index in [0.717, 1.165) is 24.8 Å². The van der Waals surface area contributed by atoms with Crippen LogP contribution in [-0.4, -0.2) is 10.9 Å². The lowest BCUT2D eigenvalue weighted by atomic mass is 9.78. The number of aromatic hydroxyl groups is 1. The summed E-state index contributed by atoms with van der Waals surface area (Å²) in [5.74, 6) is -1.14. The normalized spacial score (nSPS) is 29.2. The number of fused-ring (bicyclic) bond motifs is 1. The highest BCUT2D eigenvalue weighted by Gasteiger charge is 2.53. The molecule has 20 heavy (non-hydrogen) atoms. The minimum atomic E-state index is -0.764. The molecule has 2 aliphatic rings. The van der Waals surface area contributed by atoms with Gasteiger partial charge in [-0.2, -0.15) is 0 Å². The number of rotatable bonds is 1. The van der Waals surface area contributed by atoms with Gasteiger partial charge in [0.25, 0.3) is 0 Å². The van der Waals surface area contributed by atoms with Crippen LogP contribution in [0.1, 0.15) is 31.7 Å². The van der Waals surface area contributed by atoms with Gasteiger partial charge in [0, 0.05) is 5.41 Å². The predicted molar refractivity (Wildman–Crippen MR) is 79.4 cm³/mol. The summed E-state index contributed by atoms with van der Waals surface area (Å²) in [7, 11) is 0. The molecule has 0 radical (unpaired) electrons. The number of phenols is 1. The van der Waals surface area contributed by atoms with Crippen LogP contribution in [0, 0.1) is 17.2 Å². The fourth-order valence-corrected chi connectivity index (χ4v) is 4.64. The minimum absolute atomic E-state index is 0.0353. The zero-order valence-corrected chi connectivity index (χ0v) is 13.2. The van der Waals surface area contributed by atoms with Crippen molar-refractivity contribution in [2.45, 2.75) is 26.2 Å².